The first kappa shape index (κ1) is 23.8. The van der Waals surface area contributed by atoms with Gasteiger partial charge in [0.25, 0.3) is 0 Å². The number of aliphatic carboxylic acids is 1. The van der Waals surface area contributed by atoms with Gasteiger partial charge in [-0.15, -0.1) is 11.3 Å². The number of carbonyl (C=O) groups is 2. The monoisotopic (exact) mass is 480 g/mol. The second kappa shape index (κ2) is 11.2. The molecule has 1 aromatic carbocycles. The number of halogens is 2. The number of likely N-dealkylation sites (tertiary alicyclic amines) is 1. The molecule has 0 aliphatic carbocycles. The van der Waals surface area contributed by atoms with Crippen LogP contribution in [0.1, 0.15) is 17.8 Å². The zero-order valence-electron chi connectivity index (χ0n) is 17.3. The zero-order chi connectivity index (χ0) is 23.1. The van der Waals surface area contributed by atoms with E-state index in [2.05, 4.69) is 15.3 Å². The lowest BCUT2D eigenvalue weighted by molar-refractivity contribution is -0.142. The van der Waals surface area contributed by atoms with E-state index in [0.29, 0.717) is 36.6 Å². The number of carbonyl (C=O) groups excluding carboxylic acids is 1. The van der Waals surface area contributed by atoms with Crippen LogP contribution in [0.15, 0.2) is 52.1 Å². The second-order valence-corrected chi connectivity index (χ2v) is 8.26. The molecule has 0 saturated carbocycles. The third-order valence-corrected chi connectivity index (χ3v) is 6.02. The number of carboxylic acids is 1. The van der Waals surface area contributed by atoms with Crippen LogP contribution < -0.4 is 5.32 Å². The Hall–Kier alpha value is -2.82. The van der Waals surface area contributed by atoms with E-state index < -0.39 is 18.0 Å². The second-order valence-electron chi connectivity index (χ2n) is 6.96. The molecule has 0 bridgehead atoms. The Kier molecular flexibility index (Phi) is 8.32. The quantitative estimate of drug-likeness (QED) is 0.634. The number of aromatic nitrogens is 1. The fourth-order valence-electron chi connectivity index (χ4n) is 3.36. The van der Waals surface area contributed by atoms with E-state index in [1.807, 2.05) is 10.3 Å². The molecule has 1 unspecified atom stereocenters. The molecule has 2 aliphatic heterocycles. The summed E-state index contributed by atoms with van der Waals surface area (Å²) in [6, 6.07) is 5.59. The van der Waals surface area contributed by atoms with Crippen molar-refractivity contribution in [2.24, 2.45) is 4.99 Å². The number of ether oxygens (including phenoxy) is 1. The van der Waals surface area contributed by atoms with Gasteiger partial charge in [0.1, 0.15) is 11.9 Å². The average Bonchev–Trinajstić information content (AvgIpc) is 3.48. The molecule has 1 fully saturated rings. The molecule has 2 aliphatic rings. The van der Waals surface area contributed by atoms with E-state index in [9.17, 15) is 19.1 Å². The molecular formula is C21H22ClFN4O4S. The lowest BCUT2D eigenvalue weighted by atomic mass is 10.1. The number of methoxy groups -OCH3 is 1. The predicted octanol–water partition coefficient (Wildman–Crippen LogP) is 2.95. The third-order valence-electron chi connectivity index (χ3n) is 4.93. The number of nitrogens with zero attached hydrogens (tertiary/aromatic N) is 3. The van der Waals surface area contributed by atoms with Gasteiger partial charge in [-0.3, -0.25) is 14.7 Å². The van der Waals surface area contributed by atoms with Gasteiger partial charge in [-0.25, -0.2) is 14.2 Å². The van der Waals surface area contributed by atoms with Crippen LogP contribution in [0.25, 0.3) is 0 Å². The lowest BCUT2D eigenvalue weighted by Gasteiger charge is -2.26. The minimum Gasteiger partial charge on any atom is -0.480 e. The van der Waals surface area contributed by atoms with Crippen molar-refractivity contribution in [2.45, 2.75) is 18.9 Å². The van der Waals surface area contributed by atoms with Crippen LogP contribution in [0.5, 0.6) is 0 Å². The molecule has 0 spiro atoms. The topological polar surface area (TPSA) is 104 Å². The minimum absolute atomic E-state index is 0.174. The molecule has 32 heavy (non-hydrogen) atoms. The maximum atomic E-state index is 12.2. The highest BCUT2D eigenvalue weighted by atomic mass is 35.5. The van der Waals surface area contributed by atoms with Crippen molar-refractivity contribution in [1.29, 1.82) is 0 Å². The lowest BCUT2D eigenvalue weighted by Crippen LogP contribution is -2.42. The van der Waals surface area contributed by atoms with Gasteiger partial charge in [-0.05, 0) is 31.5 Å². The highest BCUT2D eigenvalue weighted by molar-refractivity contribution is 7.11. The van der Waals surface area contributed by atoms with Crippen molar-refractivity contribution in [1.82, 2.24) is 15.2 Å². The van der Waals surface area contributed by atoms with Crippen LogP contribution in [-0.2, 0) is 14.3 Å². The molecule has 1 aromatic heterocycles. The number of rotatable bonds is 5. The first-order valence-corrected chi connectivity index (χ1v) is 11.0. The van der Waals surface area contributed by atoms with Crippen LogP contribution in [0.4, 0.5) is 4.39 Å². The third kappa shape index (κ3) is 5.90. The normalized spacial score (nSPS) is 18.3. The highest BCUT2D eigenvalue weighted by Gasteiger charge is 2.33. The molecule has 3 heterocycles. The zero-order valence-corrected chi connectivity index (χ0v) is 18.8. The largest absolute Gasteiger partial charge is 0.480 e. The summed E-state index contributed by atoms with van der Waals surface area (Å²) in [4.78, 5) is 33.8. The Morgan fingerprint density at radius 2 is 2.19 bits per heavy atom. The number of amidine groups is 1. The molecule has 4 rings (SSSR count). The Bertz CT molecular complexity index is 1010. The standard InChI is InChI=1S/C15H18N4O4S.C6H4ClF/c1-23-15(22)9-7-17-12(13-16-4-6-24-13)18-10(9)8-19-5-2-3-11(19)14(20)21;7-5-3-1-2-4-6(5)8/h4,6,11H,2-3,5,7-8H2,1H3,(H,17,18)(H,20,21);1-4H. The number of thiazole rings is 1. The summed E-state index contributed by atoms with van der Waals surface area (Å²) in [7, 11) is 1.32. The van der Waals surface area contributed by atoms with Crippen molar-refractivity contribution in [2.75, 3.05) is 26.7 Å². The molecule has 8 nitrogen and oxygen atoms in total. The van der Waals surface area contributed by atoms with Gasteiger partial charge in [0.05, 0.1) is 24.3 Å². The molecular weight excluding hydrogens is 459 g/mol. The van der Waals surface area contributed by atoms with Gasteiger partial charge in [0, 0.05) is 23.8 Å². The van der Waals surface area contributed by atoms with Crippen molar-refractivity contribution >= 4 is 40.7 Å². The molecule has 170 valence electrons. The maximum Gasteiger partial charge on any atom is 0.337 e. The molecule has 2 aromatic rings. The van der Waals surface area contributed by atoms with Crippen LogP contribution >= 0.6 is 22.9 Å². The van der Waals surface area contributed by atoms with Gasteiger partial charge in [0.15, 0.2) is 10.8 Å². The summed E-state index contributed by atoms with van der Waals surface area (Å²) in [6.07, 6.45) is 3.12. The molecule has 11 heteroatoms. The van der Waals surface area contributed by atoms with Crippen molar-refractivity contribution in [3.8, 4) is 0 Å². The van der Waals surface area contributed by atoms with Crippen molar-refractivity contribution in [3.05, 3.63) is 63.0 Å². The SMILES string of the molecule is COC(=O)C1=C(CN2CCCC2C(=O)O)NC(c2nccs2)=NC1.Fc1ccccc1Cl. The molecule has 1 saturated heterocycles. The van der Waals surface area contributed by atoms with E-state index in [4.69, 9.17) is 16.3 Å². The fourth-order valence-corrected chi connectivity index (χ4v) is 4.09. The summed E-state index contributed by atoms with van der Waals surface area (Å²) in [6.45, 7) is 1.21. The number of esters is 1. The number of hydrogen-bond acceptors (Lipinski definition) is 8. The summed E-state index contributed by atoms with van der Waals surface area (Å²) in [5.74, 6) is -1.06. The van der Waals surface area contributed by atoms with Crippen molar-refractivity contribution < 1.29 is 23.8 Å². The summed E-state index contributed by atoms with van der Waals surface area (Å²) in [5.41, 5.74) is 1.06. The smallest absolute Gasteiger partial charge is 0.337 e. The van der Waals surface area contributed by atoms with E-state index >= 15 is 0 Å². The molecule has 2 N–H and O–H groups in total. The minimum atomic E-state index is -0.836. The van der Waals surface area contributed by atoms with Crippen LogP contribution in [0, 0.1) is 5.82 Å². The number of nitrogens with one attached hydrogen (secondary N) is 1. The van der Waals surface area contributed by atoms with Gasteiger partial charge in [0.2, 0.25) is 0 Å². The summed E-state index contributed by atoms with van der Waals surface area (Å²) >= 11 is 6.78. The average molecular weight is 481 g/mol. The Balaban J connectivity index is 0.000000305. The van der Waals surface area contributed by atoms with Crippen LogP contribution in [0.2, 0.25) is 5.02 Å². The fraction of sp³-hybridized carbons (Fsp3) is 0.333. The van der Waals surface area contributed by atoms with Crippen LogP contribution in [-0.4, -0.2) is 65.6 Å². The summed E-state index contributed by atoms with van der Waals surface area (Å²) in [5, 5.41) is 15.2. The number of carboxylic acid groups (broad SMARTS) is 1. The van der Waals surface area contributed by atoms with Gasteiger partial charge in [-0.2, -0.15) is 0 Å². The van der Waals surface area contributed by atoms with Gasteiger partial charge in [-0.1, -0.05) is 23.7 Å². The Morgan fingerprint density at radius 1 is 1.41 bits per heavy atom. The number of hydrogen-bond donors (Lipinski definition) is 2. The Morgan fingerprint density at radius 3 is 2.78 bits per heavy atom. The number of benzene rings is 1. The van der Waals surface area contributed by atoms with E-state index in [0.717, 1.165) is 11.4 Å². The number of aliphatic imine (C=N–C) groups is 1. The van der Waals surface area contributed by atoms with Gasteiger partial charge < -0.3 is 15.2 Å². The summed E-state index contributed by atoms with van der Waals surface area (Å²) < 4.78 is 17.0. The first-order valence-electron chi connectivity index (χ1n) is 9.79. The Labute approximate surface area is 193 Å². The molecule has 1 atom stereocenters. The van der Waals surface area contributed by atoms with Crippen LogP contribution in [0.3, 0.4) is 0 Å². The van der Waals surface area contributed by atoms with E-state index in [1.165, 1.54) is 30.6 Å². The predicted molar refractivity (Wildman–Crippen MR) is 119 cm³/mol. The van der Waals surface area contributed by atoms with E-state index in [-0.39, 0.29) is 17.4 Å². The van der Waals surface area contributed by atoms with E-state index in [1.54, 1.807) is 18.3 Å². The van der Waals surface area contributed by atoms with Crippen molar-refractivity contribution in [3.63, 3.8) is 0 Å². The first-order chi connectivity index (χ1) is 15.4. The molecule has 0 radical (unpaired) electrons. The maximum absolute atomic E-state index is 12.2. The van der Waals surface area contributed by atoms with Gasteiger partial charge >= 0.3 is 11.9 Å². The molecule has 0 amide bonds. The highest BCUT2D eigenvalue weighted by Crippen LogP contribution is 2.21.